The van der Waals surface area contributed by atoms with Crippen LogP contribution in [0, 0.1) is 11.3 Å². The molecule has 1 aromatic rings. The fourth-order valence-corrected chi connectivity index (χ4v) is 6.63. The van der Waals surface area contributed by atoms with Crippen molar-refractivity contribution in [3.8, 4) is 11.5 Å². The average Bonchev–Trinajstić information content (AvgIpc) is 2.77. The van der Waals surface area contributed by atoms with Gasteiger partial charge >= 0.3 is 0 Å². The Balaban J connectivity index is 1.84. The van der Waals surface area contributed by atoms with Gasteiger partial charge in [0.25, 0.3) is 0 Å². The molecule has 6 N–H and O–H groups in total. The number of hydrogen-bond acceptors (Lipinski definition) is 9. The number of phenolic OH excluding ortho intramolecular Hbond substituents is 1. The first kappa shape index (κ1) is 26.3. The van der Waals surface area contributed by atoms with Crippen LogP contribution in [0.2, 0.25) is 0 Å². The number of Topliss-reactive ketones (excluding diaryl/α,β-unsaturated/α-hetero) is 1. The van der Waals surface area contributed by atoms with E-state index < -0.39 is 60.2 Å². The van der Waals surface area contributed by atoms with E-state index in [2.05, 4.69) is 0 Å². The van der Waals surface area contributed by atoms with Crippen LogP contribution in [0.15, 0.2) is 6.07 Å². The van der Waals surface area contributed by atoms with Crippen molar-refractivity contribution in [3.05, 3.63) is 22.8 Å². The molecule has 0 bridgehead atoms. The molecule has 0 unspecified atom stereocenters. The molecule has 0 radical (unpaired) electrons. The summed E-state index contributed by atoms with van der Waals surface area (Å²) in [6.45, 7) is 8.90. The molecule has 2 aliphatic carbocycles. The Morgan fingerprint density at radius 2 is 1.77 bits per heavy atom. The second-order valence-corrected chi connectivity index (χ2v) is 11.5. The topological polar surface area (TPSA) is 157 Å². The first-order valence-corrected chi connectivity index (χ1v) is 12.3. The van der Waals surface area contributed by atoms with Gasteiger partial charge in [-0.1, -0.05) is 40.7 Å². The molecular weight excluding hydrogens is 456 g/mol. The first-order chi connectivity index (χ1) is 16.2. The molecule has 2 fully saturated rings. The van der Waals surface area contributed by atoms with Crippen LogP contribution in [0.3, 0.4) is 0 Å². The molecule has 0 aromatic heterocycles. The Morgan fingerprint density at radius 1 is 1.11 bits per heavy atom. The summed E-state index contributed by atoms with van der Waals surface area (Å²) < 4.78 is 11.5. The lowest BCUT2D eigenvalue weighted by molar-refractivity contribution is -0.277. The Kier molecular flexibility index (Phi) is 6.75. The van der Waals surface area contributed by atoms with Crippen LogP contribution >= 0.6 is 0 Å². The minimum Gasteiger partial charge on any atom is -0.504 e. The van der Waals surface area contributed by atoms with E-state index in [9.17, 15) is 35.4 Å². The van der Waals surface area contributed by atoms with Crippen molar-refractivity contribution in [1.29, 1.82) is 0 Å². The van der Waals surface area contributed by atoms with E-state index in [-0.39, 0.29) is 29.6 Å². The predicted molar refractivity (Wildman–Crippen MR) is 125 cm³/mol. The number of carbonyl (C=O) groups excluding carboxylic acids is 1. The van der Waals surface area contributed by atoms with Crippen LogP contribution in [-0.2, 0) is 21.4 Å². The summed E-state index contributed by atoms with van der Waals surface area (Å²) in [6, 6.07) is 1.84. The SMILES string of the molecule is CC(C)c1cc2c(c(O)c1O[C@@H]1O[C@H](CO)[C@@H](O)[C@H](O)[C@H]1O)[C@@]1(C)CC[C@H](O)C(C)(C)[C@@H]1C(=O)C2. The second-order valence-electron chi connectivity index (χ2n) is 11.5. The summed E-state index contributed by atoms with van der Waals surface area (Å²) in [5, 5.41) is 62.7. The van der Waals surface area contributed by atoms with Gasteiger partial charge in [-0.15, -0.1) is 0 Å². The lowest BCUT2D eigenvalue weighted by atomic mass is 9.49. The van der Waals surface area contributed by atoms with Crippen LogP contribution in [0.25, 0.3) is 0 Å². The van der Waals surface area contributed by atoms with Gasteiger partial charge in [0.1, 0.15) is 30.2 Å². The van der Waals surface area contributed by atoms with Crippen molar-refractivity contribution in [2.45, 2.75) is 102 Å². The Hall–Kier alpha value is -1.75. The van der Waals surface area contributed by atoms with Gasteiger partial charge in [0.2, 0.25) is 6.29 Å². The number of rotatable bonds is 4. The maximum atomic E-state index is 13.4. The molecule has 1 aromatic carbocycles. The molecule has 9 heteroatoms. The second kappa shape index (κ2) is 8.97. The van der Waals surface area contributed by atoms with E-state index in [0.29, 0.717) is 29.5 Å². The maximum absolute atomic E-state index is 13.4. The van der Waals surface area contributed by atoms with Gasteiger partial charge in [0.05, 0.1) is 12.7 Å². The highest BCUT2D eigenvalue weighted by molar-refractivity contribution is 5.89. The van der Waals surface area contributed by atoms with E-state index >= 15 is 0 Å². The minimum atomic E-state index is -1.63. The summed E-state index contributed by atoms with van der Waals surface area (Å²) >= 11 is 0. The lowest BCUT2D eigenvalue weighted by Crippen LogP contribution is -2.60. The Morgan fingerprint density at radius 3 is 2.37 bits per heavy atom. The zero-order chi connectivity index (χ0) is 26.0. The quantitative estimate of drug-likeness (QED) is 0.357. The molecule has 35 heavy (non-hydrogen) atoms. The van der Waals surface area contributed by atoms with Crippen LogP contribution in [0.4, 0.5) is 0 Å². The lowest BCUT2D eigenvalue weighted by Gasteiger charge is -2.55. The summed E-state index contributed by atoms with van der Waals surface area (Å²) in [4.78, 5) is 13.4. The number of benzene rings is 1. The van der Waals surface area contributed by atoms with E-state index in [1.807, 2.05) is 40.7 Å². The third-order valence-corrected chi connectivity index (χ3v) is 8.50. The van der Waals surface area contributed by atoms with Crippen molar-refractivity contribution in [2.75, 3.05) is 6.61 Å². The van der Waals surface area contributed by atoms with Gasteiger partial charge in [0.15, 0.2) is 11.5 Å². The molecule has 1 saturated heterocycles. The van der Waals surface area contributed by atoms with E-state index in [0.717, 1.165) is 0 Å². The molecule has 1 heterocycles. The van der Waals surface area contributed by atoms with Gasteiger partial charge in [0, 0.05) is 34.3 Å². The van der Waals surface area contributed by atoms with E-state index in [1.54, 1.807) is 0 Å². The number of aliphatic hydroxyl groups excluding tert-OH is 5. The molecule has 196 valence electrons. The zero-order valence-corrected chi connectivity index (χ0v) is 20.9. The predicted octanol–water partition coefficient (Wildman–Crippen LogP) is 0.874. The largest absolute Gasteiger partial charge is 0.504 e. The average molecular weight is 495 g/mol. The number of ketones is 1. The summed E-state index contributed by atoms with van der Waals surface area (Å²) in [5.74, 6) is -0.698. The number of aliphatic hydroxyl groups is 5. The van der Waals surface area contributed by atoms with Crippen molar-refractivity contribution >= 4 is 5.78 Å². The first-order valence-electron chi connectivity index (χ1n) is 12.3. The standard InChI is InChI=1S/C26H38O9/c1-11(2)13-8-12-9-14(28)23-25(3,4)16(29)6-7-26(23,5)17(12)19(31)22(13)35-24-21(33)20(32)18(30)15(10-27)34-24/h8,11,15-16,18,20-21,23-24,27,29-33H,6-7,9-10H2,1-5H3/t15-,16+,18-,20+,21-,23+,24+,26-/m1/s1. The van der Waals surface area contributed by atoms with Crippen LogP contribution in [-0.4, -0.2) is 79.8 Å². The minimum absolute atomic E-state index is 0.0282. The molecule has 4 rings (SSSR count). The molecule has 8 atom stereocenters. The van der Waals surface area contributed by atoms with Crippen LogP contribution in [0.1, 0.15) is 70.1 Å². The Bertz CT molecular complexity index is 988. The van der Waals surface area contributed by atoms with Crippen molar-refractivity contribution in [3.63, 3.8) is 0 Å². The van der Waals surface area contributed by atoms with Gasteiger partial charge < -0.3 is 40.1 Å². The molecule has 1 saturated carbocycles. The molecule has 9 nitrogen and oxygen atoms in total. The van der Waals surface area contributed by atoms with Gasteiger partial charge in [-0.3, -0.25) is 4.79 Å². The summed E-state index contributed by atoms with van der Waals surface area (Å²) in [5.41, 5.74) is 0.460. The smallest absolute Gasteiger partial charge is 0.229 e. The van der Waals surface area contributed by atoms with Crippen LogP contribution < -0.4 is 4.74 Å². The van der Waals surface area contributed by atoms with Gasteiger partial charge in [-0.25, -0.2) is 0 Å². The number of fused-ring (bicyclic) bond motifs is 3. The molecule has 3 aliphatic rings. The summed E-state index contributed by atoms with van der Waals surface area (Å²) in [7, 11) is 0. The number of phenols is 1. The molecule has 1 aliphatic heterocycles. The highest BCUT2D eigenvalue weighted by Crippen LogP contribution is 2.59. The van der Waals surface area contributed by atoms with E-state index in [1.165, 1.54) is 0 Å². The van der Waals surface area contributed by atoms with Crippen molar-refractivity contribution in [2.24, 2.45) is 11.3 Å². The zero-order valence-electron chi connectivity index (χ0n) is 20.9. The number of hydrogen-bond donors (Lipinski definition) is 6. The number of ether oxygens (including phenoxy) is 2. The van der Waals surface area contributed by atoms with Crippen LogP contribution in [0.5, 0.6) is 11.5 Å². The number of carbonyl (C=O) groups is 1. The number of aromatic hydroxyl groups is 1. The maximum Gasteiger partial charge on any atom is 0.229 e. The van der Waals surface area contributed by atoms with Gasteiger partial charge in [-0.05, 0) is 24.3 Å². The normalized spacial score (nSPS) is 38.7. The molecule has 0 spiro atoms. The summed E-state index contributed by atoms with van der Waals surface area (Å²) in [6.07, 6.45) is -6.93. The fourth-order valence-electron chi connectivity index (χ4n) is 6.63. The monoisotopic (exact) mass is 494 g/mol. The van der Waals surface area contributed by atoms with Crippen molar-refractivity contribution < 1.29 is 44.9 Å². The molecular formula is C26H38O9. The third-order valence-electron chi connectivity index (χ3n) is 8.50. The molecule has 0 amide bonds. The van der Waals surface area contributed by atoms with Crippen molar-refractivity contribution in [1.82, 2.24) is 0 Å². The third kappa shape index (κ3) is 3.97. The van der Waals surface area contributed by atoms with E-state index in [4.69, 9.17) is 9.47 Å². The Labute approximate surface area is 205 Å². The fraction of sp³-hybridized carbons (Fsp3) is 0.731. The van der Waals surface area contributed by atoms with Gasteiger partial charge in [-0.2, -0.15) is 0 Å². The highest BCUT2D eigenvalue weighted by atomic mass is 16.7. The highest BCUT2D eigenvalue weighted by Gasteiger charge is 2.58.